The first-order valence-corrected chi connectivity index (χ1v) is 5.25. The van der Waals surface area contributed by atoms with Gasteiger partial charge in [-0.3, -0.25) is 0 Å². The molecule has 3 aromatic rings. The van der Waals surface area contributed by atoms with Crippen molar-refractivity contribution in [3.05, 3.63) is 47.9 Å². The fraction of sp³-hybridized carbons (Fsp3) is 0. The van der Waals surface area contributed by atoms with Gasteiger partial charge in [0, 0.05) is 22.3 Å². The molecule has 0 fully saturated rings. The van der Waals surface area contributed by atoms with Crippen molar-refractivity contribution >= 4 is 22.6 Å². The third-order valence-electron chi connectivity index (χ3n) is 2.45. The highest BCUT2D eigenvalue weighted by atomic mass is 35.5. The van der Waals surface area contributed by atoms with E-state index < -0.39 is 0 Å². The van der Waals surface area contributed by atoms with Crippen LogP contribution >= 0.6 is 11.6 Å². The topological polar surface area (TPSA) is 41.6 Å². The van der Waals surface area contributed by atoms with E-state index in [4.69, 9.17) is 11.6 Å². The first-order chi connectivity index (χ1) is 7.83. The van der Waals surface area contributed by atoms with Gasteiger partial charge in [-0.2, -0.15) is 0 Å². The molecule has 0 spiro atoms. The van der Waals surface area contributed by atoms with Gasteiger partial charge in [0.05, 0.1) is 0 Å². The average molecular weight is 230 g/mol. The Bertz CT molecular complexity index is 595. The Morgan fingerprint density at radius 3 is 2.69 bits per heavy atom. The summed E-state index contributed by atoms with van der Waals surface area (Å²) >= 11 is 5.85. The van der Waals surface area contributed by atoms with Crippen LogP contribution in [0, 0.1) is 0 Å². The molecule has 3 nitrogen and oxygen atoms in total. The van der Waals surface area contributed by atoms with E-state index in [0.717, 1.165) is 27.3 Å². The largest absolute Gasteiger partial charge is 0.339 e. The highest BCUT2D eigenvalue weighted by Gasteiger charge is 2.03. The molecule has 1 aromatic carbocycles. The molecule has 0 saturated heterocycles. The summed E-state index contributed by atoms with van der Waals surface area (Å²) in [5, 5.41) is 1.74. The maximum absolute atomic E-state index is 5.85. The number of fused-ring (bicyclic) bond motifs is 1. The Morgan fingerprint density at radius 1 is 1.12 bits per heavy atom. The number of benzene rings is 1. The third kappa shape index (κ3) is 1.55. The number of H-pyrrole nitrogens is 1. The molecule has 16 heavy (non-hydrogen) atoms. The first-order valence-electron chi connectivity index (χ1n) is 4.87. The van der Waals surface area contributed by atoms with Gasteiger partial charge in [0.2, 0.25) is 0 Å². The fourth-order valence-electron chi connectivity index (χ4n) is 1.65. The standard InChI is InChI=1S/C12H8ClN3/c13-10-3-1-8(2-4-10)11-5-9-6-14-7-15-12(9)16-11/h1-7H,(H,14,15,16). The zero-order valence-electron chi connectivity index (χ0n) is 8.31. The summed E-state index contributed by atoms with van der Waals surface area (Å²) in [5.41, 5.74) is 2.95. The van der Waals surface area contributed by atoms with Gasteiger partial charge in [0.15, 0.2) is 0 Å². The Labute approximate surface area is 97.1 Å². The minimum atomic E-state index is 0.736. The number of hydrogen-bond donors (Lipinski definition) is 1. The molecular weight excluding hydrogens is 222 g/mol. The van der Waals surface area contributed by atoms with E-state index in [1.54, 1.807) is 6.20 Å². The molecule has 0 aliphatic carbocycles. The van der Waals surface area contributed by atoms with Gasteiger partial charge in [0.1, 0.15) is 12.0 Å². The number of nitrogens with zero attached hydrogens (tertiary/aromatic N) is 2. The monoisotopic (exact) mass is 229 g/mol. The lowest BCUT2D eigenvalue weighted by molar-refractivity contribution is 1.20. The zero-order valence-corrected chi connectivity index (χ0v) is 9.07. The minimum absolute atomic E-state index is 0.736. The van der Waals surface area contributed by atoms with E-state index in [0.29, 0.717) is 0 Å². The summed E-state index contributed by atoms with van der Waals surface area (Å²) in [6, 6.07) is 9.71. The summed E-state index contributed by atoms with van der Waals surface area (Å²) in [4.78, 5) is 11.4. The van der Waals surface area contributed by atoms with Crippen LogP contribution in [0.4, 0.5) is 0 Å². The highest BCUT2D eigenvalue weighted by Crippen LogP contribution is 2.23. The number of aromatic amines is 1. The van der Waals surface area contributed by atoms with Crippen LogP contribution in [-0.4, -0.2) is 15.0 Å². The Hall–Kier alpha value is -1.87. The summed E-state index contributed by atoms with van der Waals surface area (Å²) in [6.07, 6.45) is 3.32. The smallest absolute Gasteiger partial charge is 0.141 e. The third-order valence-corrected chi connectivity index (χ3v) is 2.70. The van der Waals surface area contributed by atoms with Gasteiger partial charge < -0.3 is 4.98 Å². The van der Waals surface area contributed by atoms with Crippen molar-refractivity contribution in [2.75, 3.05) is 0 Å². The van der Waals surface area contributed by atoms with Gasteiger partial charge in [-0.05, 0) is 23.8 Å². The molecule has 4 heteroatoms. The van der Waals surface area contributed by atoms with E-state index >= 15 is 0 Å². The molecular formula is C12H8ClN3. The first kappa shape index (κ1) is 9.36. The number of halogens is 1. The van der Waals surface area contributed by atoms with Gasteiger partial charge in [-0.15, -0.1) is 0 Å². The van der Waals surface area contributed by atoms with E-state index in [2.05, 4.69) is 15.0 Å². The summed E-state index contributed by atoms with van der Waals surface area (Å²) in [5.74, 6) is 0. The minimum Gasteiger partial charge on any atom is -0.339 e. The molecule has 0 atom stereocenters. The van der Waals surface area contributed by atoms with Crippen LogP contribution < -0.4 is 0 Å². The van der Waals surface area contributed by atoms with Crippen LogP contribution in [0.1, 0.15) is 0 Å². The number of nitrogens with one attached hydrogen (secondary N) is 1. The summed E-state index contributed by atoms with van der Waals surface area (Å²) in [7, 11) is 0. The SMILES string of the molecule is Clc1ccc(-c2cc3cncnc3[nH]2)cc1. The van der Waals surface area contributed by atoms with E-state index in [-0.39, 0.29) is 0 Å². The van der Waals surface area contributed by atoms with Crippen LogP contribution in [-0.2, 0) is 0 Å². The molecule has 0 aliphatic rings. The van der Waals surface area contributed by atoms with Gasteiger partial charge in [-0.1, -0.05) is 23.7 Å². The molecule has 0 radical (unpaired) electrons. The van der Waals surface area contributed by atoms with Crippen LogP contribution in [0.15, 0.2) is 42.9 Å². The molecule has 0 amide bonds. The maximum Gasteiger partial charge on any atom is 0.141 e. The van der Waals surface area contributed by atoms with Crippen molar-refractivity contribution in [3.8, 4) is 11.3 Å². The van der Waals surface area contributed by atoms with E-state index in [1.807, 2.05) is 30.3 Å². The van der Waals surface area contributed by atoms with E-state index in [1.165, 1.54) is 6.33 Å². The van der Waals surface area contributed by atoms with Crippen LogP contribution in [0.25, 0.3) is 22.3 Å². The highest BCUT2D eigenvalue weighted by molar-refractivity contribution is 6.30. The molecule has 0 bridgehead atoms. The quantitative estimate of drug-likeness (QED) is 0.696. The maximum atomic E-state index is 5.85. The lowest BCUT2D eigenvalue weighted by atomic mass is 10.1. The van der Waals surface area contributed by atoms with Crippen molar-refractivity contribution in [3.63, 3.8) is 0 Å². The Balaban J connectivity index is 2.15. The van der Waals surface area contributed by atoms with Gasteiger partial charge in [-0.25, -0.2) is 9.97 Å². The van der Waals surface area contributed by atoms with Crippen LogP contribution in [0.3, 0.4) is 0 Å². The van der Waals surface area contributed by atoms with Crippen molar-refractivity contribution < 1.29 is 0 Å². The number of aromatic nitrogens is 3. The summed E-state index contributed by atoms with van der Waals surface area (Å²) < 4.78 is 0. The molecule has 0 saturated carbocycles. The molecule has 0 aliphatic heterocycles. The van der Waals surface area contributed by atoms with Crippen molar-refractivity contribution in [2.45, 2.75) is 0 Å². The Morgan fingerprint density at radius 2 is 1.94 bits per heavy atom. The molecule has 1 N–H and O–H groups in total. The fourth-order valence-corrected chi connectivity index (χ4v) is 1.78. The van der Waals surface area contributed by atoms with Crippen molar-refractivity contribution in [1.82, 2.24) is 15.0 Å². The number of hydrogen-bond acceptors (Lipinski definition) is 2. The molecule has 78 valence electrons. The zero-order chi connectivity index (χ0) is 11.0. The summed E-state index contributed by atoms with van der Waals surface area (Å²) in [6.45, 7) is 0. The predicted molar refractivity (Wildman–Crippen MR) is 64.3 cm³/mol. The molecule has 0 unspecified atom stereocenters. The van der Waals surface area contributed by atoms with Gasteiger partial charge >= 0.3 is 0 Å². The molecule has 3 rings (SSSR count). The molecule has 2 aromatic heterocycles. The molecule has 2 heterocycles. The predicted octanol–water partition coefficient (Wildman–Crippen LogP) is 3.28. The van der Waals surface area contributed by atoms with Crippen molar-refractivity contribution in [2.24, 2.45) is 0 Å². The second kappa shape index (κ2) is 3.61. The normalized spacial score (nSPS) is 10.8. The van der Waals surface area contributed by atoms with Gasteiger partial charge in [0.25, 0.3) is 0 Å². The van der Waals surface area contributed by atoms with Crippen LogP contribution in [0.2, 0.25) is 5.02 Å². The lowest BCUT2D eigenvalue weighted by Crippen LogP contribution is -1.78. The van der Waals surface area contributed by atoms with Crippen molar-refractivity contribution in [1.29, 1.82) is 0 Å². The lowest BCUT2D eigenvalue weighted by Gasteiger charge is -1.96. The van der Waals surface area contributed by atoms with Crippen LogP contribution in [0.5, 0.6) is 0 Å². The average Bonchev–Trinajstić information content (AvgIpc) is 2.73. The Kier molecular flexibility index (Phi) is 2.11. The second-order valence-electron chi connectivity index (χ2n) is 3.52. The van der Waals surface area contributed by atoms with E-state index in [9.17, 15) is 0 Å². The number of rotatable bonds is 1. The second-order valence-corrected chi connectivity index (χ2v) is 3.95.